The number of hydrogen-bond donors (Lipinski definition) is 1. The van der Waals surface area contributed by atoms with Crippen molar-refractivity contribution in [3.05, 3.63) is 18.0 Å². The van der Waals surface area contributed by atoms with Crippen molar-refractivity contribution in [2.45, 2.75) is 32.0 Å². The average Bonchev–Trinajstić information content (AvgIpc) is 3.01. The molecule has 20 heavy (non-hydrogen) atoms. The van der Waals surface area contributed by atoms with Crippen LogP contribution in [0.2, 0.25) is 0 Å². The summed E-state index contributed by atoms with van der Waals surface area (Å²) in [5, 5.41) is 7.12. The first-order valence-corrected chi connectivity index (χ1v) is 6.80. The Morgan fingerprint density at radius 1 is 1.55 bits per heavy atom. The second kappa shape index (κ2) is 5.24. The predicted molar refractivity (Wildman–Crippen MR) is 69.8 cm³/mol. The van der Waals surface area contributed by atoms with Crippen molar-refractivity contribution < 1.29 is 14.3 Å². The van der Waals surface area contributed by atoms with Crippen LogP contribution in [0.15, 0.2) is 12.3 Å². The van der Waals surface area contributed by atoms with Crippen molar-refractivity contribution in [1.82, 2.24) is 20.0 Å². The molecule has 1 aromatic heterocycles. The van der Waals surface area contributed by atoms with Crippen LogP contribution in [-0.4, -0.2) is 58.3 Å². The number of aromatic nitrogens is 2. The van der Waals surface area contributed by atoms with Gasteiger partial charge in [0, 0.05) is 32.3 Å². The molecular weight excluding hydrogens is 260 g/mol. The quantitative estimate of drug-likeness (QED) is 0.794. The summed E-state index contributed by atoms with van der Waals surface area (Å²) in [6, 6.07) is 1.85. The molecule has 0 spiro atoms. The van der Waals surface area contributed by atoms with Crippen LogP contribution in [0.1, 0.15) is 12.1 Å². The fraction of sp³-hybridized carbons (Fsp3) is 0.615. The van der Waals surface area contributed by atoms with Gasteiger partial charge in [-0.1, -0.05) is 0 Å². The van der Waals surface area contributed by atoms with Gasteiger partial charge in [-0.05, 0) is 13.0 Å². The fourth-order valence-corrected chi connectivity index (χ4v) is 2.67. The van der Waals surface area contributed by atoms with E-state index in [1.807, 2.05) is 19.2 Å². The minimum Gasteiger partial charge on any atom is -0.364 e. The normalized spacial score (nSPS) is 25.4. The Hall–Kier alpha value is -1.89. The molecular formula is C13H18N4O3. The fourth-order valence-electron chi connectivity index (χ4n) is 2.67. The topological polar surface area (TPSA) is 76.5 Å². The number of nitrogens with zero attached hydrogens (tertiary/aromatic N) is 3. The number of amides is 2. The molecule has 0 saturated carbocycles. The SMILES string of the molecule is Cc1ccn(CCC(=O)N2C[C@@H]3NC(=O)CO[C@H]3C2)n1. The minimum atomic E-state index is -0.104. The van der Waals surface area contributed by atoms with E-state index in [0.29, 0.717) is 26.1 Å². The first kappa shape index (κ1) is 13.1. The first-order chi connectivity index (χ1) is 9.61. The highest BCUT2D eigenvalue weighted by molar-refractivity contribution is 5.80. The molecule has 2 fully saturated rings. The van der Waals surface area contributed by atoms with Crippen molar-refractivity contribution in [1.29, 1.82) is 0 Å². The zero-order chi connectivity index (χ0) is 14.1. The Morgan fingerprint density at radius 2 is 2.40 bits per heavy atom. The van der Waals surface area contributed by atoms with E-state index < -0.39 is 0 Å². The third kappa shape index (κ3) is 2.67. The maximum absolute atomic E-state index is 12.2. The number of nitrogens with one attached hydrogen (secondary N) is 1. The third-order valence-corrected chi connectivity index (χ3v) is 3.72. The molecule has 2 aliphatic heterocycles. The van der Waals surface area contributed by atoms with Crippen LogP contribution in [0.5, 0.6) is 0 Å². The van der Waals surface area contributed by atoms with Gasteiger partial charge in [-0.3, -0.25) is 14.3 Å². The van der Waals surface area contributed by atoms with Crippen LogP contribution in [-0.2, 0) is 20.9 Å². The number of likely N-dealkylation sites (tertiary alicyclic amines) is 1. The van der Waals surface area contributed by atoms with Gasteiger partial charge in [0.15, 0.2) is 0 Å². The molecule has 1 N–H and O–H groups in total. The molecule has 0 aliphatic carbocycles. The van der Waals surface area contributed by atoms with Gasteiger partial charge in [-0.25, -0.2) is 0 Å². The van der Waals surface area contributed by atoms with E-state index in [4.69, 9.17) is 4.74 Å². The van der Waals surface area contributed by atoms with Crippen LogP contribution in [0.4, 0.5) is 0 Å². The van der Waals surface area contributed by atoms with E-state index in [0.717, 1.165) is 5.69 Å². The summed E-state index contributed by atoms with van der Waals surface area (Å²) in [5.74, 6) is -0.0297. The van der Waals surface area contributed by atoms with E-state index in [2.05, 4.69) is 10.4 Å². The number of morpholine rings is 1. The monoisotopic (exact) mass is 278 g/mol. The first-order valence-electron chi connectivity index (χ1n) is 6.80. The lowest BCUT2D eigenvalue weighted by molar-refractivity contribution is -0.134. The molecule has 0 aromatic carbocycles. The van der Waals surface area contributed by atoms with Gasteiger partial charge >= 0.3 is 0 Å². The Labute approximate surface area is 116 Å². The number of hydrogen-bond acceptors (Lipinski definition) is 4. The maximum atomic E-state index is 12.2. The Bertz CT molecular complexity index is 527. The molecule has 7 nitrogen and oxygen atoms in total. The molecule has 1 aromatic rings. The summed E-state index contributed by atoms with van der Waals surface area (Å²) >= 11 is 0. The zero-order valence-corrected chi connectivity index (χ0v) is 11.4. The van der Waals surface area contributed by atoms with Gasteiger partial charge in [0.05, 0.1) is 17.8 Å². The van der Waals surface area contributed by atoms with E-state index in [9.17, 15) is 9.59 Å². The lowest BCUT2D eigenvalue weighted by atomic mass is 10.2. The summed E-state index contributed by atoms with van der Waals surface area (Å²) in [7, 11) is 0. The number of carbonyl (C=O) groups excluding carboxylic acids is 2. The molecule has 108 valence electrons. The minimum absolute atomic E-state index is 0.0628. The highest BCUT2D eigenvalue weighted by Crippen LogP contribution is 2.17. The van der Waals surface area contributed by atoms with Gasteiger partial charge in [0.25, 0.3) is 0 Å². The second-order valence-corrected chi connectivity index (χ2v) is 5.29. The van der Waals surface area contributed by atoms with Gasteiger partial charge in [-0.15, -0.1) is 0 Å². The van der Waals surface area contributed by atoms with Gasteiger partial charge in [-0.2, -0.15) is 5.10 Å². The van der Waals surface area contributed by atoms with Crippen LogP contribution in [0.25, 0.3) is 0 Å². The number of rotatable bonds is 3. The van der Waals surface area contributed by atoms with E-state index >= 15 is 0 Å². The molecule has 2 amide bonds. The number of ether oxygens (including phenoxy) is 1. The van der Waals surface area contributed by atoms with Crippen molar-refractivity contribution in [2.24, 2.45) is 0 Å². The van der Waals surface area contributed by atoms with Crippen LogP contribution >= 0.6 is 0 Å². The van der Waals surface area contributed by atoms with E-state index in [1.54, 1.807) is 9.58 Å². The molecule has 7 heteroatoms. The van der Waals surface area contributed by atoms with Crippen LogP contribution < -0.4 is 5.32 Å². The number of fused-ring (bicyclic) bond motifs is 1. The Morgan fingerprint density at radius 3 is 3.15 bits per heavy atom. The summed E-state index contributed by atoms with van der Waals surface area (Å²) in [4.78, 5) is 25.2. The summed E-state index contributed by atoms with van der Waals surface area (Å²) in [6.45, 7) is 3.68. The van der Waals surface area contributed by atoms with Crippen molar-refractivity contribution in [2.75, 3.05) is 19.7 Å². The van der Waals surface area contributed by atoms with Crippen LogP contribution in [0.3, 0.4) is 0 Å². The Balaban J connectivity index is 1.52. The molecule has 2 aliphatic rings. The molecule has 2 saturated heterocycles. The molecule has 3 heterocycles. The molecule has 0 unspecified atom stereocenters. The molecule has 3 rings (SSSR count). The van der Waals surface area contributed by atoms with Gasteiger partial charge in [0.2, 0.25) is 11.8 Å². The van der Waals surface area contributed by atoms with Crippen molar-refractivity contribution in [3.8, 4) is 0 Å². The van der Waals surface area contributed by atoms with E-state index in [1.165, 1.54) is 0 Å². The van der Waals surface area contributed by atoms with E-state index in [-0.39, 0.29) is 30.6 Å². The molecule has 0 radical (unpaired) electrons. The summed E-state index contributed by atoms with van der Waals surface area (Å²) in [5.41, 5.74) is 0.945. The zero-order valence-electron chi connectivity index (χ0n) is 11.4. The summed E-state index contributed by atoms with van der Waals surface area (Å²) < 4.78 is 7.21. The predicted octanol–water partition coefficient (Wildman–Crippen LogP) is -0.693. The highest BCUT2D eigenvalue weighted by atomic mass is 16.5. The summed E-state index contributed by atoms with van der Waals surface area (Å²) in [6.07, 6.45) is 2.22. The second-order valence-electron chi connectivity index (χ2n) is 5.29. The maximum Gasteiger partial charge on any atom is 0.246 e. The Kier molecular flexibility index (Phi) is 3.43. The standard InChI is InChI=1S/C13H18N4O3/c1-9-2-4-17(15-9)5-3-13(19)16-6-10-11(7-16)20-8-12(18)14-10/h2,4,10-11H,3,5-8H2,1H3,(H,14,18)/t10-,11-/m0/s1. The molecule has 0 bridgehead atoms. The number of carbonyl (C=O) groups is 2. The lowest BCUT2D eigenvalue weighted by Crippen LogP contribution is -2.50. The van der Waals surface area contributed by atoms with Gasteiger partial charge < -0.3 is 15.0 Å². The largest absolute Gasteiger partial charge is 0.364 e. The third-order valence-electron chi connectivity index (χ3n) is 3.72. The van der Waals surface area contributed by atoms with Crippen LogP contribution in [0, 0.1) is 6.92 Å². The van der Waals surface area contributed by atoms with Crippen molar-refractivity contribution >= 4 is 11.8 Å². The van der Waals surface area contributed by atoms with Gasteiger partial charge in [0.1, 0.15) is 6.61 Å². The highest BCUT2D eigenvalue weighted by Gasteiger charge is 2.39. The number of aryl methyl sites for hydroxylation is 2. The van der Waals surface area contributed by atoms with Crippen molar-refractivity contribution in [3.63, 3.8) is 0 Å². The smallest absolute Gasteiger partial charge is 0.246 e. The molecule has 2 atom stereocenters. The lowest BCUT2D eigenvalue weighted by Gasteiger charge is -2.24. The average molecular weight is 278 g/mol.